The van der Waals surface area contributed by atoms with Crippen LogP contribution in [0.5, 0.6) is 0 Å². The Morgan fingerprint density at radius 1 is 0.700 bits per heavy atom. The number of fused-ring (bicyclic) bond motifs is 1. The third kappa shape index (κ3) is 2.93. The molecule has 0 atom stereocenters. The first kappa shape index (κ1) is 18.7. The zero-order valence-electron chi connectivity index (χ0n) is 16.7. The first-order valence-electron chi connectivity index (χ1n) is 9.96. The molecular formula is C27H21O2P. The maximum Gasteiger partial charge on any atom is 0.171 e. The number of aryl methyl sites for hydroxylation is 1. The molecular weight excluding hydrogens is 387 g/mol. The van der Waals surface area contributed by atoms with Crippen LogP contribution >= 0.6 is 7.14 Å². The summed E-state index contributed by atoms with van der Waals surface area (Å²) in [6.07, 6.45) is 3.43. The zero-order valence-corrected chi connectivity index (χ0v) is 17.6. The molecule has 0 unspecified atom stereocenters. The van der Waals surface area contributed by atoms with Gasteiger partial charge in [-0.3, -0.25) is 0 Å². The molecule has 4 aromatic carbocycles. The molecule has 0 bridgehead atoms. The number of hydrogen-bond donors (Lipinski definition) is 0. The van der Waals surface area contributed by atoms with Crippen molar-refractivity contribution in [3.05, 3.63) is 115 Å². The Balaban J connectivity index is 1.93. The van der Waals surface area contributed by atoms with Gasteiger partial charge in [0.05, 0.1) is 12.5 Å². The van der Waals surface area contributed by atoms with Gasteiger partial charge in [0.2, 0.25) is 0 Å². The van der Waals surface area contributed by atoms with Crippen LogP contribution in [-0.2, 0) is 4.57 Å². The molecule has 0 saturated carbocycles. The van der Waals surface area contributed by atoms with Crippen LogP contribution in [0.3, 0.4) is 0 Å². The second-order valence-corrected chi connectivity index (χ2v) is 10.1. The maximum absolute atomic E-state index is 15.0. The van der Waals surface area contributed by atoms with E-state index in [-0.39, 0.29) is 0 Å². The molecule has 0 amide bonds. The van der Waals surface area contributed by atoms with Crippen molar-refractivity contribution < 1.29 is 8.98 Å². The predicted molar refractivity (Wildman–Crippen MR) is 126 cm³/mol. The van der Waals surface area contributed by atoms with Crippen molar-refractivity contribution in [1.29, 1.82) is 0 Å². The van der Waals surface area contributed by atoms with Crippen LogP contribution in [0.25, 0.3) is 21.9 Å². The summed E-state index contributed by atoms with van der Waals surface area (Å²) < 4.78 is 20.4. The summed E-state index contributed by atoms with van der Waals surface area (Å²) in [4.78, 5) is 0. The molecule has 2 nitrogen and oxygen atoms in total. The highest BCUT2D eigenvalue weighted by Crippen LogP contribution is 2.46. The van der Waals surface area contributed by atoms with Gasteiger partial charge in [0.15, 0.2) is 7.14 Å². The molecule has 30 heavy (non-hydrogen) atoms. The molecule has 1 heterocycles. The highest BCUT2D eigenvalue weighted by Gasteiger charge is 2.32. The Morgan fingerprint density at radius 3 is 1.83 bits per heavy atom. The molecule has 0 radical (unpaired) electrons. The van der Waals surface area contributed by atoms with Crippen LogP contribution < -0.4 is 15.9 Å². The van der Waals surface area contributed by atoms with E-state index in [2.05, 4.69) is 25.1 Å². The number of hydrogen-bond acceptors (Lipinski definition) is 2. The van der Waals surface area contributed by atoms with Crippen LogP contribution in [0, 0.1) is 6.92 Å². The fraction of sp³-hybridized carbons (Fsp3) is 0.0370. The molecule has 146 valence electrons. The lowest BCUT2D eigenvalue weighted by Gasteiger charge is -2.23. The lowest BCUT2D eigenvalue weighted by atomic mass is 9.96. The van der Waals surface area contributed by atoms with Gasteiger partial charge in [0.25, 0.3) is 0 Å². The number of furan rings is 1. The van der Waals surface area contributed by atoms with Gasteiger partial charge in [-0.05, 0) is 41.0 Å². The van der Waals surface area contributed by atoms with E-state index in [1.54, 1.807) is 12.5 Å². The third-order valence-electron chi connectivity index (χ3n) is 5.70. The van der Waals surface area contributed by atoms with Crippen LogP contribution in [0.4, 0.5) is 0 Å². The van der Waals surface area contributed by atoms with Gasteiger partial charge in [-0.25, -0.2) is 0 Å². The van der Waals surface area contributed by atoms with E-state index >= 15 is 4.57 Å². The molecule has 5 aromatic rings. The van der Waals surface area contributed by atoms with Crippen molar-refractivity contribution in [2.45, 2.75) is 6.92 Å². The van der Waals surface area contributed by atoms with Gasteiger partial charge in [-0.2, -0.15) is 0 Å². The van der Waals surface area contributed by atoms with Crippen LogP contribution in [0.1, 0.15) is 5.56 Å². The number of rotatable bonds is 4. The zero-order chi connectivity index (χ0) is 20.6. The second-order valence-electron chi connectivity index (χ2n) is 7.41. The van der Waals surface area contributed by atoms with Crippen molar-refractivity contribution in [3.8, 4) is 11.1 Å². The van der Waals surface area contributed by atoms with Gasteiger partial charge in [0, 0.05) is 21.5 Å². The summed E-state index contributed by atoms with van der Waals surface area (Å²) in [6.45, 7) is 2.12. The van der Waals surface area contributed by atoms with Gasteiger partial charge in [-0.1, -0.05) is 84.9 Å². The Hall–Kier alpha value is -3.35. The molecule has 0 spiro atoms. The summed E-state index contributed by atoms with van der Waals surface area (Å²) >= 11 is 0. The lowest BCUT2D eigenvalue weighted by Crippen LogP contribution is -2.26. The summed E-state index contributed by atoms with van der Waals surface area (Å²) in [5, 5.41) is 4.67. The Morgan fingerprint density at radius 2 is 1.27 bits per heavy atom. The van der Waals surface area contributed by atoms with E-state index < -0.39 is 7.14 Å². The Kier molecular flexibility index (Phi) is 4.65. The van der Waals surface area contributed by atoms with Gasteiger partial charge >= 0.3 is 0 Å². The molecule has 3 heteroatoms. The van der Waals surface area contributed by atoms with Crippen LogP contribution in [0.15, 0.2) is 114 Å². The predicted octanol–water partition coefficient (Wildman–Crippen LogP) is 6.05. The summed E-state index contributed by atoms with van der Waals surface area (Å²) in [7, 11) is -3.10. The maximum atomic E-state index is 15.0. The molecule has 1 aromatic heterocycles. The largest absolute Gasteiger partial charge is 0.472 e. The third-order valence-corrected chi connectivity index (χ3v) is 8.80. The topological polar surface area (TPSA) is 30.2 Å². The molecule has 0 N–H and O–H groups in total. The molecule has 0 aliphatic carbocycles. The molecule has 0 aliphatic heterocycles. The van der Waals surface area contributed by atoms with E-state index in [1.165, 1.54) is 0 Å². The highest BCUT2D eigenvalue weighted by molar-refractivity contribution is 7.85. The molecule has 0 fully saturated rings. The van der Waals surface area contributed by atoms with Crippen molar-refractivity contribution in [2.75, 3.05) is 0 Å². The average Bonchev–Trinajstić information content (AvgIpc) is 3.35. The van der Waals surface area contributed by atoms with E-state index in [4.69, 9.17) is 4.42 Å². The Labute approximate surface area is 176 Å². The summed E-state index contributed by atoms with van der Waals surface area (Å²) in [5.74, 6) is 0. The first-order chi connectivity index (χ1) is 14.7. The molecule has 0 saturated heterocycles. The van der Waals surface area contributed by atoms with Crippen LogP contribution in [-0.4, -0.2) is 0 Å². The smallest absolute Gasteiger partial charge is 0.171 e. The number of benzene rings is 4. The van der Waals surface area contributed by atoms with Crippen molar-refractivity contribution in [3.63, 3.8) is 0 Å². The minimum Gasteiger partial charge on any atom is -0.472 e. The van der Waals surface area contributed by atoms with Gasteiger partial charge in [0.1, 0.15) is 0 Å². The first-order valence-corrected chi connectivity index (χ1v) is 11.7. The normalized spacial score (nSPS) is 11.6. The molecule has 0 aliphatic rings. The van der Waals surface area contributed by atoms with Gasteiger partial charge in [-0.15, -0.1) is 0 Å². The average molecular weight is 408 g/mol. The standard InChI is InChI=1S/C27H21O2P/c1-20-24-14-8-9-15-25(24)27(18-26(20)21-16-17-29-19-21)30(28,22-10-4-2-5-11-22)23-12-6-3-7-13-23/h2-19H,1H3. The minimum atomic E-state index is -3.10. The van der Waals surface area contributed by atoms with Crippen molar-refractivity contribution in [2.24, 2.45) is 0 Å². The molecule has 5 rings (SSSR count). The SMILES string of the molecule is Cc1c(-c2ccoc2)cc(P(=O)(c2ccccc2)c2ccccc2)c2ccccc12. The van der Waals surface area contributed by atoms with E-state index in [9.17, 15) is 0 Å². The van der Waals surface area contributed by atoms with Crippen molar-refractivity contribution >= 4 is 33.8 Å². The van der Waals surface area contributed by atoms with Crippen molar-refractivity contribution in [1.82, 2.24) is 0 Å². The quantitative estimate of drug-likeness (QED) is 0.339. The fourth-order valence-electron chi connectivity index (χ4n) is 4.18. The monoisotopic (exact) mass is 408 g/mol. The fourth-order valence-corrected chi connectivity index (χ4v) is 7.07. The van der Waals surface area contributed by atoms with Crippen LogP contribution in [0.2, 0.25) is 0 Å². The second kappa shape index (κ2) is 7.48. The van der Waals surface area contributed by atoms with E-state index in [1.807, 2.05) is 78.9 Å². The Bertz CT molecular complexity index is 1310. The lowest BCUT2D eigenvalue weighted by molar-refractivity contribution is 0.568. The van der Waals surface area contributed by atoms with E-state index in [0.29, 0.717) is 0 Å². The van der Waals surface area contributed by atoms with Gasteiger partial charge < -0.3 is 8.98 Å². The minimum absolute atomic E-state index is 0.836. The summed E-state index contributed by atoms with van der Waals surface area (Å²) in [6, 6.07) is 31.9. The summed E-state index contributed by atoms with van der Waals surface area (Å²) in [5.41, 5.74) is 3.19. The highest BCUT2D eigenvalue weighted by atomic mass is 31.2. The van der Waals surface area contributed by atoms with E-state index in [0.717, 1.165) is 43.4 Å².